The Morgan fingerprint density at radius 1 is 0.893 bits per heavy atom. The standard InChI is InChI=1S/C18H35O7P.2Na/c1-3-4-5-6-7-8-9-10-11-12-18(20)25-17(14-13-16(2)19)15-24-26(21,22)23;;/h17H,3-15H2,1-2H3,(H2,21,22,23);;/q;2*+1/p-2/t17-;;/m0../s1. The minimum absolute atomic E-state index is 0. The molecule has 0 rings (SSSR count). The van der Waals surface area contributed by atoms with Gasteiger partial charge < -0.3 is 28.4 Å². The minimum Gasteiger partial charge on any atom is -0.790 e. The van der Waals surface area contributed by atoms with E-state index >= 15 is 0 Å². The molecule has 0 aliphatic rings. The van der Waals surface area contributed by atoms with E-state index in [-0.39, 0.29) is 84.2 Å². The first kappa shape index (κ1) is 33.9. The first-order valence-electron chi connectivity index (χ1n) is 9.60. The van der Waals surface area contributed by atoms with E-state index in [9.17, 15) is 23.9 Å². The summed E-state index contributed by atoms with van der Waals surface area (Å²) < 4.78 is 19.9. The monoisotopic (exact) mass is 438 g/mol. The van der Waals surface area contributed by atoms with Crippen LogP contribution in [0.5, 0.6) is 0 Å². The van der Waals surface area contributed by atoms with Crippen molar-refractivity contribution in [3.05, 3.63) is 0 Å². The van der Waals surface area contributed by atoms with Gasteiger partial charge in [0, 0.05) is 12.8 Å². The number of hydrogen-bond acceptors (Lipinski definition) is 7. The molecular weight excluding hydrogens is 405 g/mol. The molecule has 0 spiro atoms. The van der Waals surface area contributed by atoms with Crippen molar-refractivity contribution < 1.29 is 92.3 Å². The van der Waals surface area contributed by atoms with Gasteiger partial charge in [-0.25, -0.2) is 0 Å². The van der Waals surface area contributed by atoms with Crippen LogP contribution >= 0.6 is 7.82 Å². The summed E-state index contributed by atoms with van der Waals surface area (Å²) >= 11 is 0. The molecule has 0 heterocycles. The molecule has 28 heavy (non-hydrogen) atoms. The van der Waals surface area contributed by atoms with Gasteiger partial charge in [0.05, 0.1) is 14.4 Å². The normalized spacial score (nSPS) is 11.9. The number of unbranched alkanes of at least 4 members (excludes halogenated alkanes) is 8. The molecule has 7 nitrogen and oxygen atoms in total. The van der Waals surface area contributed by atoms with Crippen molar-refractivity contribution in [3.8, 4) is 0 Å². The van der Waals surface area contributed by atoms with Crippen LogP contribution in [0.4, 0.5) is 0 Å². The van der Waals surface area contributed by atoms with Crippen LogP contribution in [-0.2, 0) is 23.4 Å². The first-order chi connectivity index (χ1) is 12.2. The number of rotatable bonds is 17. The first-order valence-corrected chi connectivity index (χ1v) is 11.1. The molecule has 0 radical (unpaired) electrons. The molecule has 1 atom stereocenters. The molecule has 0 aromatic rings. The zero-order valence-corrected chi connectivity index (χ0v) is 23.0. The van der Waals surface area contributed by atoms with E-state index in [2.05, 4.69) is 11.4 Å². The molecule has 0 N–H and O–H groups in total. The maximum atomic E-state index is 11.8. The Labute approximate surface area is 213 Å². The molecule has 0 amide bonds. The van der Waals surface area contributed by atoms with Gasteiger partial charge in [-0.15, -0.1) is 0 Å². The zero-order valence-electron chi connectivity index (χ0n) is 18.1. The van der Waals surface area contributed by atoms with Gasteiger partial charge in [0.1, 0.15) is 11.9 Å². The fraction of sp³-hybridized carbons (Fsp3) is 0.889. The topological polar surface area (TPSA) is 116 Å². The number of phosphoric acid groups is 1. The van der Waals surface area contributed by atoms with Gasteiger partial charge in [0.2, 0.25) is 0 Å². The van der Waals surface area contributed by atoms with Gasteiger partial charge in [-0.05, 0) is 19.8 Å². The van der Waals surface area contributed by atoms with Crippen molar-refractivity contribution in [2.75, 3.05) is 6.61 Å². The molecule has 0 aliphatic heterocycles. The van der Waals surface area contributed by atoms with E-state index in [0.717, 1.165) is 19.3 Å². The van der Waals surface area contributed by atoms with Crippen molar-refractivity contribution in [2.24, 2.45) is 0 Å². The summed E-state index contributed by atoms with van der Waals surface area (Å²) in [5.41, 5.74) is 0. The summed E-state index contributed by atoms with van der Waals surface area (Å²) in [7, 11) is -5.13. The second kappa shape index (κ2) is 21.5. The van der Waals surface area contributed by atoms with E-state index in [4.69, 9.17) is 4.74 Å². The third kappa shape index (κ3) is 25.3. The molecule has 0 fully saturated rings. The van der Waals surface area contributed by atoms with Crippen molar-refractivity contribution in [1.29, 1.82) is 0 Å². The predicted molar refractivity (Wildman–Crippen MR) is 95.2 cm³/mol. The molecule has 0 aromatic carbocycles. The molecular formula is C18H33Na2O7P. The number of ether oxygens (including phenoxy) is 1. The van der Waals surface area contributed by atoms with Gasteiger partial charge in [-0.2, -0.15) is 0 Å². The number of carbonyl (C=O) groups excluding carboxylic acids is 2. The largest absolute Gasteiger partial charge is 1.00 e. The summed E-state index contributed by atoms with van der Waals surface area (Å²) in [5, 5.41) is 0. The number of carbonyl (C=O) groups is 2. The van der Waals surface area contributed by atoms with Crippen LogP contribution in [0.25, 0.3) is 0 Å². The van der Waals surface area contributed by atoms with Crippen LogP contribution in [0.2, 0.25) is 0 Å². The Balaban J connectivity index is -0.00000312. The van der Waals surface area contributed by atoms with Crippen LogP contribution in [0, 0.1) is 0 Å². The molecule has 0 saturated carbocycles. The fourth-order valence-corrected chi connectivity index (χ4v) is 2.89. The SMILES string of the molecule is CCCCCCCCCCCC(=O)O[C@@H](CCC(C)=O)COP(=O)([O-])[O-].[Na+].[Na+]. The molecule has 154 valence electrons. The van der Waals surface area contributed by atoms with Crippen molar-refractivity contribution in [2.45, 2.75) is 97.0 Å². The van der Waals surface area contributed by atoms with Gasteiger partial charge in [0.25, 0.3) is 0 Å². The summed E-state index contributed by atoms with van der Waals surface area (Å²) in [4.78, 5) is 44.0. The van der Waals surface area contributed by atoms with Crippen LogP contribution in [0.3, 0.4) is 0 Å². The van der Waals surface area contributed by atoms with Gasteiger partial charge in [-0.1, -0.05) is 58.3 Å². The molecule has 0 saturated heterocycles. The van der Waals surface area contributed by atoms with E-state index < -0.39 is 26.5 Å². The van der Waals surface area contributed by atoms with Crippen LogP contribution in [0.1, 0.15) is 90.9 Å². The van der Waals surface area contributed by atoms with E-state index in [1.54, 1.807) is 0 Å². The maximum Gasteiger partial charge on any atom is 1.00 e. The second-order valence-corrected chi connectivity index (χ2v) is 7.83. The van der Waals surface area contributed by atoms with Gasteiger partial charge in [0.15, 0.2) is 0 Å². The number of ketones is 1. The number of esters is 1. The van der Waals surface area contributed by atoms with E-state index in [1.165, 1.54) is 39.0 Å². The molecule has 0 unspecified atom stereocenters. The van der Waals surface area contributed by atoms with Crippen molar-refractivity contribution in [1.82, 2.24) is 0 Å². The Kier molecular flexibility index (Phi) is 26.0. The number of Topliss-reactive ketones (excluding diaryl/α,β-unsaturated/α-hetero) is 1. The molecule has 10 heteroatoms. The minimum atomic E-state index is -5.13. The molecule has 0 aliphatic carbocycles. The average Bonchev–Trinajstić information content (AvgIpc) is 2.55. The smallest absolute Gasteiger partial charge is 0.790 e. The van der Waals surface area contributed by atoms with E-state index in [0.29, 0.717) is 6.42 Å². The van der Waals surface area contributed by atoms with Crippen LogP contribution < -0.4 is 68.9 Å². The summed E-state index contributed by atoms with van der Waals surface area (Å²) in [6, 6.07) is 0. The Morgan fingerprint density at radius 2 is 1.39 bits per heavy atom. The average molecular weight is 438 g/mol. The Bertz CT molecular complexity index is 444. The predicted octanol–water partition coefficient (Wildman–Crippen LogP) is -2.96. The molecule has 0 aromatic heterocycles. The van der Waals surface area contributed by atoms with Crippen molar-refractivity contribution >= 4 is 19.6 Å². The second-order valence-electron chi connectivity index (χ2n) is 6.67. The van der Waals surface area contributed by atoms with Crippen molar-refractivity contribution in [3.63, 3.8) is 0 Å². The Morgan fingerprint density at radius 3 is 1.86 bits per heavy atom. The van der Waals surface area contributed by atoms with Crippen LogP contribution in [0.15, 0.2) is 0 Å². The van der Waals surface area contributed by atoms with Crippen LogP contribution in [-0.4, -0.2) is 24.5 Å². The molecule has 0 bridgehead atoms. The quantitative estimate of drug-likeness (QED) is 0.103. The third-order valence-corrected chi connectivity index (χ3v) is 4.48. The fourth-order valence-electron chi connectivity index (χ4n) is 2.54. The maximum absolute atomic E-state index is 11.8. The number of hydrogen-bond donors (Lipinski definition) is 0. The Hall–Kier alpha value is 1.25. The summed E-state index contributed by atoms with van der Waals surface area (Å²) in [6.07, 6.45) is 9.77. The van der Waals surface area contributed by atoms with E-state index in [1.807, 2.05) is 0 Å². The van der Waals surface area contributed by atoms with Gasteiger partial charge >= 0.3 is 65.1 Å². The summed E-state index contributed by atoms with van der Waals surface area (Å²) in [6.45, 7) is 3.03. The van der Waals surface area contributed by atoms with Gasteiger partial charge in [-0.3, -0.25) is 4.79 Å². The summed E-state index contributed by atoms with van der Waals surface area (Å²) in [5.74, 6) is -0.575. The number of phosphoric ester groups is 1. The zero-order chi connectivity index (χ0) is 19.8. The third-order valence-electron chi connectivity index (χ3n) is 4.02.